The van der Waals surface area contributed by atoms with E-state index in [1.54, 1.807) is 17.0 Å². The Morgan fingerprint density at radius 3 is 2.38 bits per heavy atom. The van der Waals surface area contributed by atoms with E-state index in [1.807, 2.05) is 48.5 Å². The number of hydrogen-bond donors (Lipinski definition) is 1. The Morgan fingerprint density at radius 1 is 1.00 bits per heavy atom. The fourth-order valence-electron chi connectivity index (χ4n) is 3.88. The van der Waals surface area contributed by atoms with E-state index < -0.39 is 6.23 Å². The van der Waals surface area contributed by atoms with Gasteiger partial charge in [0.1, 0.15) is 18.1 Å². The van der Waals surface area contributed by atoms with Crippen molar-refractivity contribution in [2.75, 3.05) is 18.9 Å². The summed E-state index contributed by atoms with van der Waals surface area (Å²) in [5, 5.41) is 0. The smallest absolute Gasteiger partial charge is 0.251 e. The number of nitrogen functional groups attached to an aromatic ring is 1. The van der Waals surface area contributed by atoms with Crippen LogP contribution in [0.5, 0.6) is 0 Å². The minimum atomic E-state index is -0.738. The van der Waals surface area contributed by atoms with Crippen molar-refractivity contribution in [1.82, 2.24) is 9.88 Å². The van der Waals surface area contributed by atoms with Crippen molar-refractivity contribution in [2.24, 2.45) is 0 Å². The van der Waals surface area contributed by atoms with Crippen LogP contribution in [0.2, 0.25) is 0 Å². The summed E-state index contributed by atoms with van der Waals surface area (Å²) in [6.07, 6.45) is -0.108. The molecule has 1 aliphatic heterocycles. The summed E-state index contributed by atoms with van der Waals surface area (Å²) in [7, 11) is 0. The fraction of sp³-hybridized carbons (Fsp3) is 0.154. The highest BCUT2D eigenvalue weighted by atomic mass is 79.9. The predicted octanol–water partition coefficient (Wildman–Crippen LogP) is 5.59. The fourth-order valence-corrected chi connectivity index (χ4v) is 4.14. The second-order valence-corrected chi connectivity index (χ2v) is 8.90. The molecule has 1 saturated heterocycles. The number of amides is 1. The van der Waals surface area contributed by atoms with Crippen LogP contribution in [0.1, 0.15) is 17.6 Å². The molecule has 0 spiro atoms. The van der Waals surface area contributed by atoms with E-state index in [9.17, 15) is 9.18 Å². The predicted molar refractivity (Wildman–Crippen MR) is 130 cm³/mol. The van der Waals surface area contributed by atoms with Gasteiger partial charge < -0.3 is 19.8 Å². The van der Waals surface area contributed by atoms with Crippen molar-refractivity contribution in [3.8, 4) is 22.7 Å². The number of carbonyl (C=O) groups excluding carboxylic acids is 1. The molecule has 1 atom stereocenters. The molecule has 3 aromatic carbocycles. The van der Waals surface area contributed by atoms with Crippen LogP contribution in [0.3, 0.4) is 0 Å². The van der Waals surface area contributed by atoms with E-state index in [2.05, 4.69) is 15.9 Å². The zero-order chi connectivity index (χ0) is 23.7. The molecule has 8 heteroatoms. The summed E-state index contributed by atoms with van der Waals surface area (Å²) >= 11 is 3.43. The second kappa shape index (κ2) is 9.40. The summed E-state index contributed by atoms with van der Waals surface area (Å²) in [5.41, 5.74) is 9.47. The van der Waals surface area contributed by atoms with Crippen LogP contribution < -0.4 is 5.73 Å². The molecular formula is C26H21BrFN3O3. The van der Waals surface area contributed by atoms with Crippen LogP contribution in [0.25, 0.3) is 22.7 Å². The molecule has 1 amide bonds. The van der Waals surface area contributed by atoms with Crippen LogP contribution >= 0.6 is 15.9 Å². The number of nitrogens with zero attached hydrogens (tertiary/aromatic N) is 2. The molecule has 0 aliphatic carbocycles. The molecular weight excluding hydrogens is 501 g/mol. The Bertz CT molecular complexity index is 1300. The number of rotatable bonds is 6. The van der Waals surface area contributed by atoms with Gasteiger partial charge in [0.25, 0.3) is 5.91 Å². The SMILES string of the molecule is Nc1ccc(CCN2C(=O)CO[C@@H]2c2oc(-c3ccc(Br)cc3)nc2-c2ccc(F)cc2)cc1. The van der Waals surface area contributed by atoms with Crippen molar-refractivity contribution in [2.45, 2.75) is 12.6 Å². The Labute approximate surface area is 204 Å². The van der Waals surface area contributed by atoms with Crippen molar-refractivity contribution < 1.29 is 18.3 Å². The quantitative estimate of drug-likeness (QED) is 0.334. The van der Waals surface area contributed by atoms with Crippen LogP contribution in [0.15, 0.2) is 81.7 Å². The largest absolute Gasteiger partial charge is 0.436 e. The van der Waals surface area contributed by atoms with Gasteiger partial charge in [-0.1, -0.05) is 28.1 Å². The van der Waals surface area contributed by atoms with Gasteiger partial charge in [0.15, 0.2) is 12.0 Å². The van der Waals surface area contributed by atoms with Gasteiger partial charge in [-0.2, -0.15) is 0 Å². The van der Waals surface area contributed by atoms with Crippen LogP contribution in [-0.4, -0.2) is 28.9 Å². The number of benzene rings is 3. The highest BCUT2D eigenvalue weighted by Crippen LogP contribution is 2.38. The number of anilines is 1. The molecule has 0 saturated carbocycles. The highest BCUT2D eigenvalue weighted by molar-refractivity contribution is 9.10. The molecule has 6 nitrogen and oxygen atoms in total. The van der Waals surface area contributed by atoms with Gasteiger partial charge in [-0.15, -0.1) is 0 Å². The molecule has 172 valence electrons. The third-order valence-corrected chi connectivity index (χ3v) is 6.20. The molecule has 1 aliphatic rings. The first-order valence-electron chi connectivity index (χ1n) is 10.8. The maximum absolute atomic E-state index is 13.6. The van der Waals surface area contributed by atoms with E-state index in [0.29, 0.717) is 41.6 Å². The number of aromatic nitrogens is 1. The molecule has 0 radical (unpaired) electrons. The first-order valence-corrected chi connectivity index (χ1v) is 11.6. The Morgan fingerprint density at radius 2 is 1.68 bits per heavy atom. The van der Waals surface area contributed by atoms with Gasteiger partial charge >= 0.3 is 0 Å². The van der Waals surface area contributed by atoms with Crippen molar-refractivity contribution in [1.29, 1.82) is 0 Å². The van der Waals surface area contributed by atoms with E-state index in [4.69, 9.17) is 19.9 Å². The highest BCUT2D eigenvalue weighted by Gasteiger charge is 2.38. The molecule has 2 heterocycles. The van der Waals surface area contributed by atoms with Gasteiger partial charge in [-0.05, 0) is 72.6 Å². The van der Waals surface area contributed by atoms with Crippen molar-refractivity contribution in [3.05, 3.63) is 94.4 Å². The second-order valence-electron chi connectivity index (χ2n) is 7.99. The van der Waals surface area contributed by atoms with E-state index in [1.165, 1.54) is 12.1 Å². The Kier molecular flexibility index (Phi) is 6.17. The lowest BCUT2D eigenvalue weighted by atomic mass is 10.1. The number of oxazole rings is 1. The lowest BCUT2D eigenvalue weighted by Gasteiger charge is -2.22. The van der Waals surface area contributed by atoms with Gasteiger partial charge in [0, 0.05) is 27.8 Å². The summed E-state index contributed by atoms with van der Waals surface area (Å²) in [6.45, 7) is 0.383. The average molecular weight is 522 g/mol. The van der Waals surface area contributed by atoms with Gasteiger partial charge in [0.2, 0.25) is 5.89 Å². The third-order valence-electron chi connectivity index (χ3n) is 5.68. The first kappa shape index (κ1) is 22.3. The molecule has 4 aromatic rings. The lowest BCUT2D eigenvalue weighted by molar-refractivity contribution is -0.128. The van der Waals surface area contributed by atoms with Gasteiger partial charge in [0.05, 0.1) is 0 Å². The van der Waals surface area contributed by atoms with Crippen LogP contribution in [0, 0.1) is 5.82 Å². The molecule has 0 unspecified atom stereocenters. The maximum atomic E-state index is 13.6. The monoisotopic (exact) mass is 521 g/mol. The maximum Gasteiger partial charge on any atom is 0.251 e. The summed E-state index contributed by atoms with van der Waals surface area (Å²) in [5.74, 6) is 0.322. The lowest BCUT2D eigenvalue weighted by Crippen LogP contribution is -2.30. The number of halogens is 2. The zero-order valence-electron chi connectivity index (χ0n) is 18.1. The van der Waals surface area contributed by atoms with Gasteiger partial charge in [-0.25, -0.2) is 9.37 Å². The normalized spacial score (nSPS) is 15.8. The molecule has 1 aromatic heterocycles. The number of nitrogens with two attached hydrogens (primary N) is 1. The van der Waals surface area contributed by atoms with Crippen LogP contribution in [-0.2, 0) is 16.0 Å². The number of carbonyl (C=O) groups is 1. The topological polar surface area (TPSA) is 81.6 Å². The molecule has 2 N–H and O–H groups in total. The molecule has 1 fully saturated rings. The van der Waals surface area contributed by atoms with Gasteiger partial charge in [-0.3, -0.25) is 4.79 Å². The van der Waals surface area contributed by atoms with E-state index in [-0.39, 0.29) is 18.3 Å². The molecule has 5 rings (SSSR count). The summed E-state index contributed by atoms with van der Waals surface area (Å²) in [6, 6.07) is 21.1. The third kappa shape index (κ3) is 4.60. The Balaban J connectivity index is 1.50. The Hall–Kier alpha value is -3.49. The standard InChI is InChI=1S/C26H21BrFN3O3/c27-19-7-3-18(4-8-19)25-30-23(17-5-9-20(28)10-6-17)24(34-25)26-31(22(32)15-33-26)14-13-16-1-11-21(29)12-2-16/h1-12,26H,13-15,29H2/t26-/m1/s1. The summed E-state index contributed by atoms with van der Waals surface area (Å²) < 4.78 is 26.6. The minimum absolute atomic E-state index is 0.0520. The van der Waals surface area contributed by atoms with Crippen molar-refractivity contribution in [3.63, 3.8) is 0 Å². The van der Waals surface area contributed by atoms with Crippen molar-refractivity contribution >= 4 is 27.5 Å². The molecule has 34 heavy (non-hydrogen) atoms. The first-order chi connectivity index (χ1) is 16.5. The van der Waals surface area contributed by atoms with Crippen LogP contribution in [0.4, 0.5) is 10.1 Å². The minimum Gasteiger partial charge on any atom is -0.436 e. The summed E-state index contributed by atoms with van der Waals surface area (Å²) in [4.78, 5) is 19.1. The molecule has 0 bridgehead atoms. The number of ether oxygens (including phenoxy) is 1. The zero-order valence-corrected chi connectivity index (χ0v) is 19.7. The number of hydrogen-bond acceptors (Lipinski definition) is 5. The van der Waals surface area contributed by atoms with E-state index in [0.717, 1.165) is 15.6 Å². The van der Waals surface area contributed by atoms with E-state index >= 15 is 0 Å². The average Bonchev–Trinajstić information content (AvgIpc) is 3.43.